The Morgan fingerprint density at radius 1 is 1.38 bits per heavy atom. The van der Waals surface area contributed by atoms with Gasteiger partial charge in [-0.1, -0.05) is 11.5 Å². The maximum Gasteiger partial charge on any atom is 0.242 e. The van der Waals surface area contributed by atoms with Crippen molar-refractivity contribution in [3.8, 4) is 0 Å². The van der Waals surface area contributed by atoms with Crippen molar-refractivity contribution in [1.82, 2.24) is 20.2 Å². The van der Waals surface area contributed by atoms with Crippen LogP contribution in [0.2, 0.25) is 0 Å². The van der Waals surface area contributed by atoms with Crippen LogP contribution in [0.1, 0.15) is 32.6 Å². The first-order valence-corrected chi connectivity index (χ1v) is 6.23. The maximum atomic E-state index is 3.98. The molecule has 1 aromatic rings. The molecule has 2 saturated carbocycles. The third kappa shape index (κ3) is 1.58. The molecule has 2 aliphatic carbocycles. The Bertz CT molecular complexity index is 374. The summed E-state index contributed by atoms with van der Waals surface area (Å²) in [6.07, 6.45) is 5.73. The number of tetrazole rings is 1. The third-order valence-electron chi connectivity index (χ3n) is 4.41. The molecule has 2 aliphatic rings. The fourth-order valence-electron chi connectivity index (χ4n) is 3.57. The number of nitrogens with one attached hydrogen (secondary N) is 1. The summed E-state index contributed by atoms with van der Waals surface area (Å²) in [7, 11) is 1.87. The predicted octanol–water partition coefficient (Wildman–Crippen LogP) is 1.45. The van der Waals surface area contributed by atoms with Crippen LogP contribution in [0.5, 0.6) is 0 Å². The highest BCUT2D eigenvalue weighted by Gasteiger charge is 2.41. The van der Waals surface area contributed by atoms with E-state index < -0.39 is 0 Å². The molecule has 4 unspecified atom stereocenters. The minimum Gasteiger partial charge on any atom is -0.350 e. The van der Waals surface area contributed by atoms with Crippen LogP contribution in [0, 0.1) is 17.8 Å². The van der Waals surface area contributed by atoms with E-state index in [1.54, 1.807) is 4.68 Å². The van der Waals surface area contributed by atoms with Crippen LogP contribution in [0.4, 0.5) is 5.95 Å². The zero-order valence-electron chi connectivity index (χ0n) is 9.93. The van der Waals surface area contributed by atoms with Crippen LogP contribution >= 0.6 is 0 Å². The number of nitrogens with zero attached hydrogens (tertiary/aromatic N) is 4. The largest absolute Gasteiger partial charge is 0.350 e. The molecule has 4 atom stereocenters. The van der Waals surface area contributed by atoms with Crippen LogP contribution in [0.3, 0.4) is 0 Å². The van der Waals surface area contributed by atoms with Crippen LogP contribution < -0.4 is 5.32 Å². The highest BCUT2D eigenvalue weighted by atomic mass is 15.6. The van der Waals surface area contributed by atoms with E-state index in [1.807, 2.05) is 7.05 Å². The molecule has 0 spiro atoms. The standard InChI is InChI=1S/C11H19N5/c1-7(12-11-13-14-15-16(11)2)10-6-8-3-4-9(10)5-8/h7-10H,3-6H2,1-2H3,(H,12,13,15). The highest BCUT2D eigenvalue weighted by molar-refractivity contribution is 5.23. The first-order chi connectivity index (χ1) is 7.74. The highest BCUT2D eigenvalue weighted by Crippen LogP contribution is 2.49. The zero-order chi connectivity index (χ0) is 11.1. The van der Waals surface area contributed by atoms with E-state index in [4.69, 9.17) is 0 Å². The van der Waals surface area contributed by atoms with Gasteiger partial charge in [0.15, 0.2) is 0 Å². The molecule has 0 aliphatic heterocycles. The van der Waals surface area contributed by atoms with Gasteiger partial charge in [-0.15, -0.1) is 0 Å². The van der Waals surface area contributed by atoms with Gasteiger partial charge >= 0.3 is 0 Å². The molecule has 16 heavy (non-hydrogen) atoms. The van der Waals surface area contributed by atoms with Crippen molar-refractivity contribution in [1.29, 1.82) is 0 Å². The molecule has 0 amide bonds. The monoisotopic (exact) mass is 221 g/mol. The minimum atomic E-state index is 0.486. The van der Waals surface area contributed by atoms with Crippen LogP contribution in [-0.2, 0) is 7.05 Å². The number of fused-ring (bicyclic) bond motifs is 2. The summed E-state index contributed by atoms with van der Waals surface area (Å²) < 4.78 is 1.70. The van der Waals surface area contributed by atoms with Gasteiger partial charge in [0.05, 0.1) is 0 Å². The van der Waals surface area contributed by atoms with Crippen molar-refractivity contribution in [3.63, 3.8) is 0 Å². The van der Waals surface area contributed by atoms with Gasteiger partial charge in [0.2, 0.25) is 5.95 Å². The van der Waals surface area contributed by atoms with Crippen molar-refractivity contribution in [3.05, 3.63) is 0 Å². The Kier molecular flexibility index (Phi) is 2.33. The number of aromatic nitrogens is 4. The minimum absolute atomic E-state index is 0.486. The maximum absolute atomic E-state index is 3.98. The Labute approximate surface area is 95.6 Å². The number of aryl methyl sites for hydroxylation is 1. The van der Waals surface area contributed by atoms with Crippen molar-refractivity contribution in [2.75, 3.05) is 5.32 Å². The summed E-state index contributed by atoms with van der Waals surface area (Å²) in [5, 5.41) is 14.9. The Morgan fingerprint density at radius 2 is 2.25 bits per heavy atom. The van der Waals surface area contributed by atoms with Crippen LogP contribution in [-0.4, -0.2) is 26.2 Å². The van der Waals surface area contributed by atoms with E-state index in [1.165, 1.54) is 25.7 Å². The summed E-state index contributed by atoms with van der Waals surface area (Å²) in [5.74, 6) is 3.54. The number of hydrogen-bond acceptors (Lipinski definition) is 4. The molecule has 0 saturated heterocycles. The average Bonchev–Trinajstić information content (AvgIpc) is 2.95. The van der Waals surface area contributed by atoms with E-state index in [0.29, 0.717) is 6.04 Å². The fraction of sp³-hybridized carbons (Fsp3) is 0.909. The molecule has 5 heteroatoms. The average molecular weight is 221 g/mol. The second-order valence-corrected chi connectivity index (χ2v) is 5.40. The van der Waals surface area contributed by atoms with Gasteiger partial charge in [-0.3, -0.25) is 0 Å². The number of hydrogen-bond donors (Lipinski definition) is 1. The van der Waals surface area contributed by atoms with E-state index in [2.05, 4.69) is 27.8 Å². The van der Waals surface area contributed by atoms with Gasteiger partial charge < -0.3 is 5.32 Å². The smallest absolute Gasteiger partial charge is 0.242 e. The lowest BCUT2D eigenvalue weighted by Gasteiger charge is -2.28. The summed E-state index contributed by atoms with van der Waals surface area (Å²) >= 11 is 0. The fourth-order valence-corrected chi connectivity index (χ4v) is 3.57. The SMILES string of the molecule is CC(Nc1nnnn1C)C1CC2CCC1C2. The zero-order valence-corrected chi connectivity index (χ0v) is 9.93. The predicted molar refractivity (Wildman–Crippen MR) is 60.8 cm³/mol. The molecule has 1 N–H and O–H groups in total. The Morgan fingerprint density at radius 3 is 2.81 bits per heavy atom. The Hall–Kier alpha value is -1.13. The van der Waals surface area contributed by atoms with E-state index in [0.717, 1.165) is 23.7 Å². The summed E-state index contributed by atoms with van der Waals surface area (Å²) in [6.45, 7) is 2.26. The lowest BCUT2D eigenvalue weighted by atomic mass is 9.84. The third-order valence-corrected chi connectivity index (χ3v) is 4.41. The van der Waals surface area contributed by atoms with Gasteiger partial charge in [-0.25, -0.2) is 4.68 Å². The van der Waals surface area contributed by atoms with Gasteiger partial charge in [0, 0.05) is 13.1 Å². The first kappa shape index (κ1) is 10.1. The van der Waals surface area contributed by atoms with Crippen molar-refractivity contribution in [2.45, 2.75) is 38.6 Å². The van der Waals surface area contributed by atoms with Gasteiger partial charge in [-0.05, 0) is 54.4 Å². The van der Waals surface area contributed by atoms with Gasteiger partial charge in [-0.2, -0.15) is 0 Å². The lowest BCUT2D eigenvalue weighted by Crippen LogP contribution is -2.31. The second-order valence-electron chi connectivity index (χ2n) is 5.40. The first-order valence-electron chi connectivity index (χ1n) is 6.23. The number of anilines is 1. The summed E-state index contributed by atoms with van der Waals surface area (Å²) in [5.41, 5.74) is 0. The second kappa shape index (κ2) is 3.71. The summed E-state index contributed by atoms with van der Waals surface area (Å²) in [6, 6.07) is 0.486. The molecular formula is C11H19N5. The molecule has 3 rings (SSSR count). The quantitative estimate of drug-likeness (QED) is 0.839. The molecule has 1 heterocycles. The molecule has 0 aromatic carbocycles. The van der Waals surface area contributed by atoms with Gasteiger partial charge in [0.1, 0.15) is 0 Å². The van der Waals surface area contributed by atoms with Crippen molar-refractivity contribution in [2.24, 2.45) is 24.8 Å². The normalized spacial score (nSPS) is 34.2. The van der Waals surface area contributed by atoms with E-state index >= 15 is 0 Å². The molecule has 2 bridgehead atoms. The van der Waals surface area contributed by atoms with Crippen molar-refractivity contribution < 1.29 is 0 Å². The van der Waals surface area contributed by atoms with Crippen LogP contribution in [0.15, 0.2) is 0 Å². The molecule has 88 valence electrons. The molecule has 1 aromatic heterocycles. The van der Waals surface area contributed by atoms with E-state index in [9.17, 15) is 0 Å². The van der Waals surface area contributed by atoms with E-state index in [-0.39, 0.29) is 0 Å². The number of rotatable bonds is 3. The van der Waals surface area contributed by atoms with Gasteiger partial charge in [0.25, 0.3) is 0 Å². The topological polar surface area (TPSA) is 55.6 Å². The Balaban J connectivity index is 1.66. The molecule has 5 nitrogen and oxygen atoms in total. The molecular weight excluding hydrogens is 202 g/mol. The van der Waals surface area contributed by atoms with Crippen LogP contribution in [0.25, 0.3) is 0 Å². The molecule has 0 radical (unpaired) electrons. The van der Waals surface area contributed by atoms with Crippen molar-refractivity contribution >= 4 is 5.95 Å². The summed E-state index contributed by atoms with van der Waals surface area (Å²) in [4.78, 5) is 0. The lowest BCUT2D eigenvalue weighted by molar-refractivity contribution is 0.303. The molecule has 2 fully saturated rings.